The Kier molecular flexibility index (Phi) is 11.4. The number of aliphatic hydroxyl groups excluding tert-OH is 1. The van der Waals surface area contributed by atoms with Gasteiger partial charge in [0.25, 0.3) is 5.91 Å². The first-order valence-electron chi connectivity index (χ1n) is 17.8. The van der Waals surface area contributed by atoms with Crippen LogP contribution in [0, 0.1) is 11.8 Å². The molecule has 0 saturated carbocycles. The van der Waals surface area contributed by atoms with Crippen LogP contribution in [0.1, 0.15) is 25.8 Å². The minimum absolute atomic E-state index is 0.0972. The van der Waals surface area contributed by atoms with Crippen molar-refractivity contribution < 1.29 is 19.5 Å². The third-order valence-electron chi connectivity index (χ3n) is 10.7. The summed E-state index contributed by atoms with van der Waals surface area (Å²) in [6.07, 6.45) is 4.30. The summed E-state index contributed by atoms with van der Waals surface area (Å²) in [6.45, 7) is 14.0. The first-order valence-corrected chi connectivity index (χ1v) is 19.6. The Morgan fingerprint density at radius 1 is 0.902 bits per heavy atom. The number of hydrogen-bond donors (Lipinski definition) is 1. The number of hydrogen-bond acceptors (Lipinski definition) is 6. The standard InChI is InChI=1S/C41H47BrN4O4S/c1-5-23-44(30-17-13-10-14-18-30)38(48)34-35-39(49)46(32(27-47)25-28-15-11-9-12-16-28)37(41(35)26-33(42)36(34)51-41)40(50)45(24-6-2)31-21-19-29(20-22-31)43(7-3)8-4/h5-6,9-22,32-37,47H,1-2,7-8,23-27H2,3-4H3/t32-,33?,34-,35+,36-,37?,41?/m1/s1. The van der Waals surface area contributed by atoms with Crippen molar-refractivity contribution in [1.82, 2.24) is 4.90 Å². The van der Waals surface area contributed by atoms with E-state index in [0.717, 1.165) is 30.0 Å². The smallest absolute Gasteiger partial charge is 0.251 e. The first kappa shape index (κ1) is 36.9. The molecule has 3 unspecified atom stereocenters. The lowest BCUT2D eigenvalue weighted by Crippen LogP contribution is -2.58. The maximum absolute atomic E-state index is 15.3. The summed E-state index contributed by atoms with van der Waals surface area (Å²) < 4.78 is -0.894. The highest BCUT2D eigenvalue weighted by Gasteiger charge is 2.76. The molecule has 3 fully saturated rings. The number of nitrogens with zero attached hydrogens (tertiary/aromatic N) is 4. The third-order valence-corrected chi connectivity index (χ3v) is 13.9. The second-order valence-electron chi connectivity index (χ2n) is 13.4. The zero-order valence-corrected chi connectivity index (χ0v) is 31.7. The lowest BCUT2D eigenvalue weighted by atomic mass is 9.70. The molecule has 3 aliphatic heterocycles. The average molecular weight is 772 g/mol. The molecule has 0 aromatic heterocycles. The number of carbonyl (C=O) groups excluding carboxylic acids is 3. The lowest BCUT2D eigenvalue weighted by molar-refractivity contribution is -0.141. The third kappa shape index (κ3) is 6.66. The average Bonchev–Trinajstić information content (AvgIpc) is 3.76. The van der Waals surface area contributed by atoms with Crippen LogP contribution in [-0.4, -0.2) is 87.4 Å². The fourth-order valence-corrected chi connectivity index (χ4v) is 12.0. The van der Waals surface area contributed by atoms with Gasteiger partial charge in [-0.3, -0.25) is 14.4 Å². The quantitative estimate of drug-likeness (QED) is 0.144. The van der Waals surface area contributed by atoms with E-state index in [1.807, 2.05) is 84.9 Å². The maximum atomic E-state index is 15.3. The lowest BCUT2D eigenvalue weighted by Gasteiger charge is -2.40. The summed E-state index contributed by atoms with van der Waals surface area (Å²) in [5, 5.41) is 10.8. The van der Waals surface area contributed by atoms with Gasteiger partial charge in [0, 0.05) is 53.3 Å². The molecule has 3 aromatic carbocycles. The maximum Gasteiger partial charge on any atom is 0.251 e. The van der Waals surface area contributed by atoms with Gasteiger partial charge in [0.1, 0.15) is 6.04 Å². The molecular weight excluding hydrogens is 724 g/mol. The van der Waals surface area contributed by atoms with Gasteiger partial charge in [-0.15, -0.1) is 24.9 Å². The Morgan fingerprint density at radius 2 is 1.45 bits per heavy atom. The van der Waals surface area contributed by atoms with E-state index in [4.69, 9.17) is 0 Å². The van der Waals surface area contributed by atoms with E-state index >= 15 is 9.59 Å². The van der Waals surface area contributed by atoms with Gasteiger partial charge in [0.2, 0.25) is 11.8 Å². The number of aliphatic hydroxyl groups is 1. The van der Waals surface area contributed by atoms with E-state index in [9.17, 15) is 9.90 Å². The van der Waals surface area contributed by atoms with Crippen LogP contribution in [0.3, 0.4) is 0 Å². The van der Waals surface area contributed by atoms with Crippen LogP contribution in [-0.2, 0) is 20.8 Å². The highest BCUT2D eigenvalue weighted by Crippen LogP contribution is 2.68. The van der Waals surface area contributed by atoms with Gasteiger partial charge in [-0.05, 0) is 68.7 Å². The minimum Gasteiger partial charge on any atom is -0.394 e. The Balaban J connectivity index is 1.45. The molecule has 8 nitrogen and oxygen atoms in total. The van der Waals surface area contributed by atoms with E-state index in [-0.39, 0.29) is 47.5 Å². The molecule has 0 aliphatic carbocycles. The number of amides is 3. The predicted octanol–water partition coefficient (Wildman–Crippen LogP) is 6.34. The molecule has 51 heavy (non-hydrogen) atoms. The SMILES string of the molecule is C=CCN(C(=O)C1N([C@@H](CO)Cc2ccccc2)C(=O)[C@@H]2[C@@H](C(=O)N(CC=C)c3ccccc3)[C@@H]3SC12CC3Br)c1ccc(N(CC)CC)cc1. The topological polar surface area (TPSA) is 84.4 Å². The normalized spacial score (nSPS) is 25.3. The number of benzene rings is 3. The molecule has 3 aromatic rings. The van der Waals surface area contributed by atoms with Crippen LogP contribution < -0.4 is 14.7 Å². The van der Waals surface area contributed by atoms with E-state index < -0.39 is 28.7 Å². The minimum atomic E-state index is -0.921. The largest absolute Gasteiger partial charge is 0.394 e. The van der Waals surface area contributed by atoms with E-state index in [2.05, 4.69) is 47.8 Å². The van der Waals surface area contributed by atoms with Crippen molar-refractivity contribution in [2.24, 2.45) is 11.8 Å². The summed E-state index contributed by atoms with van der Waals surface area (Å²) in [5.74, 6) is -2.08. The number of carbonyl (C=O) groups is 3. The zero-order chi connectivity index (χ0) is 36.3. The van der Waals surface area contributed by atoms with Crippen LogP contribution in [0.25, 0.3) is 0 Å². The Bertz CT molecular complexity index is 1720. The highest BCUT2D eigenvalue weighted by molar-refractivity contribution is 9.09. The van der Waals surface area contributed by atoms with Crippen molar-refractivity contribution in [3.63, 3.8) is 0 Å². The Labute approximate surface area is 314 Å². The molecule has 1 spiro atoms. The van der Waals surface area contributed by atoms with Crippen LogP contribution in [0.15, 0.2) is 110 Å². The summed E-state index contributed by atoms with van der Waals surface area (Å²) in [6, 6.07) is 25.5. The summed E-state index contributed by atoms with van der Waals surface area (Å²) in [4.78, 5) is 52.4. The number of fused-ring (bicyclic) bond motifs is 1. The number of alkyl halides is 1. The number of para-hydroxylation sites is 1. The molecule has 0 radical (unpaired) electrons. The van der Waals surface area contributed by atoms with Crippen molar-refractivity contribution in [1.29, 1.82) is 0 Å². The molecule has 3 heterocycles. The van der Waals surface area contributed by atoms with Gasteiger partial charge >= 0.3 is 0 Å². The van der Waals surface area contributed by atoms with E-state index in [1.54, 1.807) is 38.6 Å². The molecule has 3 saturated heterocycles. The zero-order valence-electron chi connectivity index (χ0n) is 29.3. The molecule has 268 valence electrons. The number of halogens is 1. The van der Waals surface area contributed by atoms with Gasteiger partial charge in [-0.2, -0.15) is 0 Å². The molecular formula is C41H47BrN4O4S. The molecule has 1 N–H and O–H groups in total. The predicted molar refractivity (Wildman–Crippen MR) is 212 cm³/mol. The van der Waals surface area contributed by atoms with Gasteiger partial charge in [0.15, 0.2) is 0 Å². The second kappa shape index (κ2) is 15.8. The fourth-order valence-electron chi connectivity index (χ4n) is 8.43. The number of rotatable bonds is 15. The molecule has 10 heteroatoms. The van der Waals surface area contributed by atoms with Crippen LogP contribution >= 0.6 is 27.7 Å². The van der Waals surface area contributed by atoms with Crippen LogP contribution in [0.5, 0.6) is 0 Å². The summed E-state index contributed by atoms with van der Waals surface area (Å²) in [7, 11) is 0. The molecule has 7 atom stereocenters. The Morgan fingerprint density at radius 3 is 2.02 bits per heavy atom. The molecule has 6 rings (SSSR count). The molecule has 2 bridgehead atoms. The Hall–Kier alpha value is -3.86. The van der Waals surface area contributed by atoms with Crippen molar-refractivity contribution >= 4 is 62.5 Å². The number of thioether (sulfide) groups is 1. The van der Waals surface area contributed by atoms with Gasteiger partial charge in [-0.1, -0.05) is 76.6 Å². The van der Waals surface area contributed by atoms with E-state index in [0.29, 0.717) is 18.5 Å². The number of likely N-dealkylation sites (tertiary alicyclic amines) is 1. The van der Waals surface area contributed by atoms with Gasteiger partial charge in [0.05, 0.1) is 29.2 Å². The van der Waals surface area contributed by atoms with Crippen molar-refractivity contribution in [2.75, 3.05) is 47.5 Å². The van der Waals surface area contributed by atoms with E-state index in [1.165, 1.54) is 0 Å². The first-order chi connectivity index (χ1) is 24.7. The molecule has 3 aliphatic rings. The van der Waals surface area contributed by atoms with Crippen LogP contribution in [0.4, 0.5) is 17.1 Å². The van der Waals surface area contributed by atoms with Gasteiger partial charge in [-0.25, -0.2) is 0 Å². The molecule has 3 amide bonds. The highest BCUT2D eigenvalue weighted by atomic mass is 79.9. The van der Waals surface area contributed by atoms with Crippen molar-refractivity contribution in [2.45, 2.75) is 53.6 Å². The monoisotopic (exact) mass is 770 g/mol. The van der Waals surface area contributed by atoms with Crippen molar-refractivity contribution in [3.05, 3.63) is 116 Å². The van der Waals surface area contributed by atoms with Gasteiger partial charge < -0.3 is 24.7 Å². The van der Waals surface area contributed by atoms with Crippen LogP contribution in [0.2, 0.25) is 0 Å². The number of anilines is 3. The van der Waals surface area contributed by atoms with Crippen molar-refractivity contribution in [3.8, 4) is 0 Å². The summed E-state index contributed by atoms with van der Waals surface area (Å²) in [5.41, 5.74) is 3.44. The fraction of sp³-hybridized carbons (Fsp3) is 0.390. The summed E-state index contributed by atoms with van der Waals surface area (Å²) >= 11 is 5.52. The second-order valence-corrected chi connectivity index (χ2v) is 16.2.